The van der Waals surface area contributed by atoms with Gasteiger partial charge in [-0.2, -0.15) is 0 Å². The molecule has 2 aliphatic carbocycles. The van der Waals surface area contributed by atoms with Gasteiger partial charge in [-0.15, -0.1) is 0 Å². The Labute approximate surface area is 95.7 Å². The van der Waals surface area contributed by atoms with E-state index in [1.165, 1.54) is 24.8 Å². The lowest BCUT2D eigenvalue weighted by Crippen LogP contribution is -2.36. The van der Waals surface area contributed by atoms with Crippen molar-refractivity contribution >= 4 is 11.4 Å². The highest BCUT2D eigenvalue weighted by molar-refractivity contribution is 6.48. The predicted molar refractivity (Wildman–Crippen MR) is 65.7 cm³/mol. The van der Waals surface area contributed by atoms with Crippen molar-refractivity contribution < 1.29 is 0 Å². The molecule has 1 aromatic rings. The second-order valence-electron chi connectivity index (χ2n) is 4.87. The van der Waals surface area contributed by atoms with E-state index in [0.29, 0.717) is 23.3 Å². The van der Waals surface area contributed by atoms with E-state index in [1.54, 1.807) is 0 Å². The van der Waals surface area contributed by atoms with Crippen LogP contribution in [0.5, 0.6) is 0 Å². The molecule has 0 bridgehead atoms. The van der Waals surface area contributed by atoms with Gasteiger partial charge in [0.05, 0.1) is 11.4 Å². The molecule has 2 N–H and O–H groups in total. The molecule has 0 amide bonds. The summed E-state index contributed by atoms with van der Waals surface area (Å²) in [6, 6.07) is 8.19. The number of fused-ring (bicyclic) bond motifs is 3. The molecule has 1 aromatic carbocycles. The van der Waals surface area contributed by atoms with Crippen LogP contribution in [0.4, 0.5) is 0 Å². The predicted octanol–water partition coefficient (Wildman–Crippen LogP) is 3.36. The van der Waals surface area contributed by atoms with E-state index < -0.39 is 0 Å². The minimum Gasteiger partial charge on any atom is -0.303 e. The smallest absolute Gasteiger partial charge is 0.0825 e. The molecule has 0 radical (unpaired) electrons. The van der Waals surface area contributed by atoms with Gasteiger partial charge in [-0.05, 0) is 24.3 Å². The van der Waals surface area contributed by atoms with Crippen LogP contribution in [0.3, 0.4) is 0 Å². The molecule has 0 heterocycles. The first-order valence-electron chi connectivity index (χ1n) is 6.05. The van der Waals surface area contributed by atoms with E-state index in [-0.39, 0.29) is 0 Å². The molecule has 1 saturated carbocycles. The largest absolute Gasteiger partial charge is 0.303 e. The third kappa shape index (κ3) is 1.26. The van der Waals surface area contributed by atoms with Crippen molar-refractivity contribution in [1.29, 1.82) is 10.8 Å². The Hall–Kier alpha value is -1.44. The summed E-state index contributed by atoms with van der Waals surface area (Å²) >= 11 is 0. The molecule has 82 valence electrons. The molecule has 0 saturated heterocycles. The molecular weight excluding hydrogens is 196 g/mol. The van der Waals surface area contributed by atoms with Crippen LogP contribution in [0.15, 0.2) is 24.3 Å². The number of nitrogens with one attached hydrogen (secondary N) is 2. The second kappa shape index (κ2) is 3.55. The van der Waals surface area contributed by atoms with Crippen molar-refractivity contribution in [2.75, 3.05) is 0 Å². The summed E-state index contributed by atoms with van der Waals surface area (Å²) in [5.74, 6) is 0.822. The minimum absolute atomic E-state index is 0.316. The Morgan fingerprint density at radius 2 is 1.62 bits per heavy atom. The summed E-state index contributed by atoms with van der Waals surface area (Å²) in [6.45, 7) is 0. The van der Waals surface area contributed by atoms with Gasteiger partial charge in [0.2, 0.25) is 0 Å². The maximum absolute atomic E-state index is 8.13. The molecule has 2 atom stereocenters. The van der Waals surface area contributed by atoms with Crippen molar-refractivity contribution in [2.24, 2.45) is 5.92 Å². The first-order chi connectivity index (χ1) is 7.79. The fraction of sp³-hybridized carbons (Fsp3) is 0.429. The van der Waals surface area contributed by atoms with Gasteiger partial charge in [-0.25, -0.2) is 0 Å². The van der Waals surface area contributed by atoms with E-state index in [4.69, 9.17) is 10.8 Å². The van der Waals surface area contributed by atoms with Crippen LogP contribution in [0.1, 0.15) is 42.7 Å². The zero-order valence-electron chi connectivity index (χ0n) is 9.29. The lowest BCUT2D eigenvalue weighted by Gasteiger charge is -2.37. The summed E-state index contributed by atoms with van der Waals surface area (Å²) in [5, 5.41) is 16.2. The van der Waals surface area contributed by atoms with Gasteiger partial charge in [0, 0.05) is 11.5 Å². The second-order valence-corrected chi connectivity index (χ2v) is 4.87. The van der Waals surface area contributed by atoms with Crippen molar-refractivity contribution in [2.45, 2.75) is 31.6 Å². The molecule has 1 fully saturated rings. The lowest BCUT2D eigenvalue weighted by molar-refractivity contribution is 0.379. The normalized spacial score (nSPS) is 28.5. The molecule has 2 nitrogen and oxygen atoms in total. The van der Waals surface area contributed by atoms with Crippen LogP contribution in [-0.2, 0) is 0 Å². The Morgan fingerprint density at radius 3 is 2.44 bits per heavy atom. The van der Waals surface area contributed by atoms with Crippen molar-refractivity contribution in [3.63, 3.8) is 0 Å². The number of hydrogen-bond acceptors (Lipinski definition) is 2. The summed E-state index contributed by atoms with van der Waals surface area (Å²) in [7, 11) is 0. The third-order valence-electron chi connectivity index (χ3n) is 4.04. The van der Waals surface area contributed by atoms with E-state index in [9.17, 15) is 0 Å². The van der Waals surface area contributed by atoms with Crippen molar-refractivity contribution in [3.8, 4) is 0 Å². The molecule has 0 spiro atoms. The molecule has 16 heavy (non-hydrogen) atoms. The first kappa shape index (κ1) is 9.76. The van der Waals surface area contributed by atoms with Gasteiger partial charge in [0.25, 0.3) is 0 Å². The van der Waals surface area contributed by atoms with Gasteiger partial charge in [0.15, 0.2) is 0 Å². The quantitative estimate of drug-likeness (QED) is 0.662. The highest BCUT2D eigenvalue weighted by atomic mass is 14.6. The number of hydrogen-bond donors (Lipinski definition) is 2. The van der Waals surface area contributed by atoms with E-state index in [2.05, 4.69) is 12.1 Å². The monoisotopic (exact) mass is 212 g/mol. The van der Waals surface area contributed by atoms with Crippen LogP contribution >= 0.6 is 0 Å². The fourth-order valence-electron chi connectivity index (χ4n) is 3.23. The minimum atomic E-state index is 0.316. The van der Waals surface area contributed by atoms with E-state index in [0.717, 1.165) is 12.0 Å². The van der Waals surface area contributed by atoms with Crippen LogP contribution in [0.25, 0.3) is 0 Å². The zero-order valence-corrected chi connectivity index (χ0v) is 9.29. The highest BCUT2D eigenvalue weighted by Gasteiger charge is 2.37. The Balaban J connectivity index is 2.15. The third-order valence-corrected chi connectivity index (χ3v) is 4.04. The Bertz CT molecular complexity index is 462. The summed E-state index contributed by atoms with van der Waals surface area (Å²) in [4.78, 5) is 0. The number of rotatable bonds is 0. The molecule has 2 unspecified atom stereocenters. The summed E-state index contributed by atoms with van der Waals surface area (Å²) in [5.41, 5.74) is 3.34. The van der Waals surface area contributed by atoms with Crippen molar-refractivity contribution in [1.82, 2.24) is 0 Å². The standard InChI is InChI=1S/C14H16N2/c15-13-11-7-3-1-5-9(11)10-6-2-4-8-12(10)14(13)16/h1,3,5,7,10,12,15-16H,2,4,6,8H2. The fourth-order valence-corrected chi connectivity index (χ4v) is 3.23. The van der Waals surface area contributed by atoms with Gasteiger partial charge >= 0.3 is 0 Å². The van der Waals surface area contributed by atoms with Gasteiger partial charge in [-0.3, -0.25) is 5.41 Å². The average Bonchev–Trinajstić information content (AvgIpc) is 2.36. The Morgan fingerprint density at radius 1 is 0.938 bits per heavy atom. The zero-order chi connectivity index (χ0) is 11.1. The average molecular weight is 212 g/mol. The maximum Gasteiger partial charge on any atom is 0.0825 e. The van der Waals surface area contributed by atoms with Crippen LogP contribution in [0.2, 0.25) is 0 Å². The molecule has 0 aromatic heterocycles. The lowest BCUT2D eigenvalue weighted by atomic mass is 9.66. The molecule has 0 aliphatic heterocycles. The SMILES string of the molecule is N=C1C(=N)C2CCCCC2c2ccccc21. The summed E-state index contributed by atoms with van der Waals surface area (Å²) in [6.07, 6.45) is 4.78. The summed E-state index contributed by atoms with van der Waals surface area (Å²) < 4.78 is 0. The molecule has 2 heteroatoms. The van der Waals surface area contributed by atoms with Gasteiger partial charge in [-0.1, -0.05) is 37.1 Å². The van der Waals surface area contributed by atoms with Gasteiger partial charge < -0.3 is 5.41 Å². The maximum atomic E-state index is 8.13. The van der Waals surface area contributed by atoms with Crippen molar-refractivity contribution in [3.05, 3.63) is 35.4 Å². The molecule has 2 aliphatic rings. The van der Waals surface area contributed by atoms with Crippen LogP contribution in [0, 0.1) is 16.7 Å². The van der Waals surface area contributed by atoms with Gasteiger partial charge in [0.1, 0.15) is 0 Å². The topological polar surface area (TPSA) is 47.7 Å². The number of benzene rings is 1. The Kier molecular flexibility index (Phi) is 2.16. The molecular formula is C14H16N2. The van der Waals surface area contributed by atoms with Crippen LogP contribution < -0.4 is 0 Å². The van der Waals surface area contributed by atoms with E-state index >= 15 is 0 Å². The molecule has 3 rings (SSSR count). The van der Waals surface area contributed by atoms with Crippen LogP contribution in [-0.4, -0.2) is 11.4 Å². The highest BCUT2D eigenvalue weighted by Crippen LogP contribution is 2.43. The van der Waals surface area contributed by atoms with E-state index in [1.807, 2.05) is 12.1 Å². The first-order valence-corrected chi connectivity index (χ1v) is 6.05.